The van der Waals surface area contributed by atoms with Gasteiger partial charge in [-0.25, -0.2) is 4.79 Å². The molecule has 1 aromatic rings. The van der Waals surface area contributed by atoms with E-state index >= 15 is 0 Å². The fourth-order valence-electron chi connectivity index (χ4n) is 2.24. The Kier molecular flexibility index (Phi) is 4.98. The second-order valence-electron chi connectivity index (χ2n) is 5.33. The Balaban J connectivity index is 1.94. The van der Waals surface area contributed by atoms with Crippen LogP contribution in [-0.4, -0.2) is 60.2 Å². The smallest absolute Gasteiger partial charge is 0.344 e. The van der Waals surface area contributed by atoms with Crippen LogP contribution < -0.4 is 4.74 Å². The number of likely N-dealkylation sites (N-methyl/N-ethyl adjacent to an activating group) is 1. The van der Waals surface area contributed by atoms with Crippen LogP contribution in [0.25, 0.3) is 0 Å². The zero-order chi connectivity index (χ0) is 14.5. The first kappa shape index (κ1) is 14.8. The molecule has 110 valence electrons. The van der Waals surface area contributed by atoms with Gasteiger partial charge in [-0.3, -0.25) is 4.90 Å². The monoisotopic (exact) mass is 278 g/mol. The van der Waals surface area contributed by atoms with E-state index < -0.39 is 12.1 Å². The predicted octanol–water partition coefficient (Wildman–Crippen LogP) is 1.29. The molecule has 1 aliphatic heterocycles. The SMILES string of the molecule is CC(Oc1cccc(CN2CCN(C)CC2)c1)C(=O)O. The van der Waals surface area contributed by atoms with Crippen LogP contribution >= 0.6 is 0 Å². The van der Waals surface area contributed by atoms with Crippen LogP contribution in [-0.2, 0) is 11.3 Å². The van der Waals surface area contributed by atoms with Crippen molar-refractivity contribution in [1.29, 1.82) is 0 Å². The number of ether oxygens (including phenoxy) is 1. The molecule has 0 radical (unpaired) electrons. The number of hydrogen-bond acceptors (Lipinski definition) is 4. The summed E-state index contributed by atoms with van der Waals surface area (Å²) in [5.74, 6) is -0.332. The Bertz CT molecular complexity index is 456. The average molecular weight is 278 g/mol. The third kappa shape index (κ3) is 4.21. The lowest BCUT2D eigenvalue weighted by Crippen LogP contribution is -2.43. The van der Waals surface area contributed by atoms with Gasteiger partial charge in [-0.05, 0) is 31.7 Å². The van der Waals surface area contributed by atoms with Crippen molar-refractivity contribution >= 4 is 5.97 Å². The van der Waals surface area contributed by atoms with Crippen molar-refractivity contribution in [2.45, 2.75) is 19.6 Å². The highest BCUT2D eigenvalue weighted by atomic mass is 16.5. The molecule has 1 aromatic carbocycles. The number of piperazine rings is 1. The van der Waals surface area contributed by atoms with Gasteiger partial charge in [0.25, 0.3) is 0 Å². The minimum Gasteiger partial charge on any atom is -0.479 e. The molecule has 1 N–H and O–H groups in total. The Hall–Kier alpha value is -1.59. The van der Waals surface area contributed by atoms with Crippen molar-refractivity contribution in [2.75, 3.05) is 33.2 Å². The first-order chi connectivity index (χ1) is 9.54. The average Bonchev–Trinajstić information content (AvgIpc) is 2.42. The number of aliphatic carboxylic acids is 1. The van der Waals surface area contributed by atoms with Gasteiger partial charge in [0.15, 0.2) is 6.10 Å². The fraction of sp³-hybridized carbons (Fsp3) is 0.533. The molecule has 0 bridgehead atoms. The zero-order valence-corrected chi connectivity index (χ0v) is 12.1. The van der Waals surface area contributed by atoms with Crippen molar-refractivity contribution in [1.82, 2.24) is 9.80 Å². The van der Waals surface area contributed by atoms with Crippen LogP contribution in [0.3, 0.4) is 0 Å². The Labute approximate surface area is 119 Å². The highest BCUT2D eigenvalue weighted by molar-refractivity contribution is 5.72. The summed E-state index contributed by atoms with van der Waals surface area (Å²) in [5.41, 5.74) is 1.16. The maximum atomic E-state index is 10.8. The molecule has 5 heteroatoms. The van der Waals surface area contributed by atoms with E-state index in [2.05, 4.69) is 22.9 Å². The fourth-order valence-corrected chi connectivity index (χ4v) is 2.24. The maximum Gasteiger partial charge on any atom is 0.344 e. The third-order valence-electron chi connectivity index (χ3n) is 3.56. The standard InChI is InChI=1S/C15H22N2O3/c1-12(15(18)19)20-14-5-3-4-13(10-14)11-17-8-6-16(2)7-9-17/h3-5,10,12H,6-9,11H2,1-2H3,(H,18,19). The largest absolute Gasteiger partial charge is 0.479 e. The Morgan fingerprint density at radius 2 is 2.05 bits per heavy atom. The maximum absolute atomic E-state index is 10.8. The molecule has 2 rings (SSSR count). The van der Waals surface area contributed by atoms with Gasteiger partial charge < -0.3 is 14.7 Å². The van der Waals surface area contributed by atoms with Crippen molar-refractivity contribution in [2.24, 2.45) is 0 Å². The first-order valence-electron chi connectivity index (χ1n) is 6.94. The summed E-state index contributed by atoms with van der Waals surface area (Å²) >= 11 is 0. The normalized spacial score (nSPS) is 18.7. The molecule has 5 nitrogen and oxygen atoms in total. The Morgan fingerprint density at radius 3 is 2.70 bits per heavy atom. The van der Waals surface area contributed by atoms with Crippen molar-refractivity contribution in [3.63, 3.8) is 0 Å². The minimum atomic E-state index is -0.950. The molecule has 1 heterocycles. The van der Waals surface area contributed by atoms with E-state index in [0.717, 1.165) is 38.3 Å². The lowest BCUT2D eigenvalue weighted by Gasteiger charge is -2.32. The van der Waals surface area contributed by atoms with Crippen LogP contribution in [0.5, 0.6) is 5.75 Å². The highest BCUT2D eigenvalue weighted by Crippen LogP contribution is 2.17. The van der Waals surface area contributed by atoms with E-state index in [4.69, 9.17) is 9.84 Å². The van der Waals surface area contributed by atoms with E-state index in [1.165, 1.54) is 6.92 Å². The van der Waals surface area contributed by atoms with Crippen LogP contribution in [0.4, 0.5) is 0 Å². The Morgan fingerprint density at radius 1 is 1.35 bits per heavy atom. The van der Waals surface area contributed by atoms with Gasteiger partial charge in [0.2, 0.25) is 0 Å². The molecule has 0 spiro atoms. The molecular formula is C15H22N2O3. The number of rotatable bonds is 5. The summed E-state index contributed by atoms with van der Waals surface area (Å²) < 4.78 is 5.40. The van der Waals surface area contributed by atoms with Crippen LogP contribution in [0, 0.1) is 0 Å². The van der Waals surface area contributed by atoms with Crippen LogP contribution in [0.2, 0.25) is 0 Å². The van der Waals surface area contributed by atoms with Crippen molar-refractivity contribution in [3.8, 4) is 5.75 Å². The van der Waals surface area contributed by atoms with Gasteiger partial charge in [0, 0.05) is 32.7 Å². The molecule has 1 unspecified atom stereocenters. The number of nitrogens with zero attached hydrogens (tertiary/aromatic N) is 2. The molecule has 0 saturated carbocycles. The number of carboxylic acid groups (broad SMARTS) is 1. The molecule has 0 aromatic heterocycles. The van der Waals surface area contributed by atoms with E-state index in [-0.39, 0.29) is 0 Å². The van der Waals surface area contributed by atoms with E-state index in [9.17, 15) is 4.79 Å². The third-order valence-corrected chi connectivity index (χ3v) is 3.56. The van der Waals surface area contributed by atoms with Gasteiger partial charge in [-0.1, -0.05) is 12.1 Å². The van der Waals surface area contributed by atoms with Gasteiger partial charge in [0.05, 0.1) is 0 Å². The molecule has 0 amide bonds. The number of carbonyl (C=O) groups is 1. The lowest BCUT2D eigenvalue weighted by molar-refractivity contribution is -0.144. The van der Waals surface area contributed by atoms with Crippen molar-refractivity contribution < 1.29 is 14.6 Å². The second kappa shape index (κ2) is 6.72. The number of carboxylic acids is 1. The van der Waals surface area contributed by atoms with E-state index in [0.29, 0.717) is 5.75 Å². The molecule has 1 fully saturated rings. The summed E-state index contributed by atoms with van der Waals surface area (Å²) in [6, 6.07) is 7.69. The zero-order valence-electron chi connectivity index (χ0n) is 12.1. The highest BCUT2D eigenvalue weighted by Gasteiger charge is 2.15. The molecule has 1 aliphatic rings. The summed E-state index contributed by atoms with van der Waals surface area (Å²) in [6.45, 7) is 6.72. The number of hydrogen-bond donors (Lipinski definition) is 1. The van der Waals surface area contributed by atoms with Gasteiger partial charge in [-0.2, -0.15) is 0 Å². The van der Waals surface area contributed by atoms with E-state index in [1.807, 2.05) is 12.1 Å². The van der Waals surface area contributed by atoms with Gasteiger partial charge in [-0.15, -0.1) is 0 Å². The second-order valence-corrected chi connectivity index (χ2v) is 5.33. The van der Waals surface area contributed by atoms with Crippen LogP contribution in [0.15, 0.2) is 24.3 Å². The molecule has 20 heavy (non-hydrogen) atoms. The molecular weight excluding hydrogens is 256 g/mol. The van der Waals surface area contributed by atoms with Gasteiger partial charge >= 0.3 is 5.97 Å². The van der Waals surface area contributed by atoms with Crippen LogP contribution in [0.1, 0.15) is 12.5 Å². The topological polar surface area (TPSA) is 53.0 Å². The molecule has 1 saturated heterocycles. The summed E-state index contributed by atoms with van der Waals surface area (Å²) in [7, 11) is 2.14. The molecule has 0 aliphatic carbocycles. The van der Waals surface area contributed by atoms with Crippen molar-refractivity contribution in [3.05, 3.63) is 29.8 Å². The first-order valence-corrected chi connectivity index (χ1v) is 6.94. The lowest BCUT2D eigenvalue weighted by atomic mass is 10.2. The van der Waals surface area contributed by atoms with E-state index in [1.54, 1.807) is 6.07 Å². The summed E-state index contributed by atoms with van der Waals surface area (Å²) in [5, 5.41) is 8.86. The summed E-state index contributed by atoms with van der Waals surface area (Å²) in [4.78, 5) is 15.5. The molecule has 1 atom stereocenters. The minimum absolute atomic E-state index is 0.617. The quantitative estimate of drug-likeness (QED) is 0.879. The summed E-state index contributed by atoms with van der Waals surface area (Å²) in [6.07, 6.45) is -0.825. The number of benzene rings is 1. The van der Waals surface area contributed by atoms with Gasteiger partial charge in [0.1, 0.15) is 5.75 Å². The predicted molar refractivity (Wildman–Crippen MR) is 76.9 cm³/mol.